The molecule has 2 rings (SSSR count). The maximum Gasteiger partial charge on any atom is 0.311 e. The molecule has 3 N–H and O–H groups in total. The lowest BCUT2D eigenvalue weighted by atomic mass is 9.76. The number of hydrogen-bond acceptors (Lipinski definition) is 2. The van der Waals surface area contributed by atoms with Crippen LogP contribution in [0.1, 0.15) is 43.6 Å². The molecular formula is C14H17F2NO2. The number of nitrogens with two attached hydrogens (primary N) is 1. The molecule has 0 radical (unpaired) electrons. The van der Waals surface area contributed by atoms with Crippen LogP contribution in [0.2, 0.25) is 0 Å². The number of carboxylic acids is 1. The molecule has 1 aromatic carbocycles. The third kappa shape index (κ3) is 2.85. The number of benzene rings is 1. The first kappa shape index (κ1) is 13.8. The third-order valence-corrected chi connectivity index (χ3v) is 3.85. The molecule has 0 bridgehead atoms. The molecule has 0 aromatic heterocycles. The summed E-state index contributed by atoms with van der Waals surface area (Å²) < 4.78 is 26.8. The second kappa shape index (κ2) is 5.55. The quantitative estimate of drug-likeness (QED) is 0.827. The minimum Gasteiger partial charge on any atom is -0.481 e. The Hall–Kier alpha value is -1.65. The normalized spacial score (nSPS) is 18.2. The highest BCUT2D eigenvalue weighted by atomic mass is 19.1. The molecule has 5 heteroatoms. The molecule has 1 fully saturated rings. The van der Waals surface area contributed by atoms with Crippen LogP contribution in [-0.2, 0) is 4.79 Å². The largest absolute Gasteiger partial charge is 0.481 e. The van der Waals surface area contributed by atoms with Gasteiger partial charge in [0.05, 0.1) is 11.6 Å². The van der Waals surface area contributed by atoms with Gasteiger partial charge in [0.1, 0.15) is 11.6 Å². The molecule has 1 atom stereocenters. The maximum atomic E-state index is 13.5. The van der Waals surface area contributed by atoms with Crippen LogP contribution in [-0.4, -0.2) is 11.1 Å². The van der Waals surface area contributed by atoms with Crippen molar-refractivity contribution in [3.8, 4) is 0 Å². The average Bonchev–Trinajstić information content (AvgIpc) is 2.36. The van der Waals surface area contributed by atoms with Crippen LogP contribution in [0.5, 0.6) is 0 Å². The zero-order valence-electron chi connectivity index (χ0n) is 10.5. The first-order chi connectivity index (χ1) is 9.00. The molecule has 0 saturated heterocycles. The second-order valence-corrected chi connectivity index (χ2v) is 5.10. The predicted octanol–water partition coefficient (Wildman–Crippen LogP) is 3.30. The molecule has 0 heterocycles. The molecule has 3 nitrogen and oxygen atoms in total. The number of halogens is 2. The molecule has 19 heavy (non-hydrogen) atoms. The number of carboxylic acid groups (broad SMARTS) is 1. The molecule has 1 aliphatic rings. The first-order valence-electron chi connectivity index (χ1n) is 6.48. The number of nitrogen functional groups attached to an aromatic ring is 1. The highest BCUT2D eigenvalue weighted by Crippen LogP contribution is 2.39. The van der Waals surface area contributed by atoms with E-state index < -0.39 is 23.5 Å². The van der Waals surface area contributed by atoms with E-state index in [0.29, 0.717) is 6.07 Å². The van der Waals surface area contributed by atoms with Crippen molar-refractivity contribution in [2.75, 3.05) is 5.73 Å². The van der Waals surface area contributed by atoms with Crippen molar-refractivity contribution in [2.24, 2.45) is 5.92 Å². The van der Waals surface area contributed by atoms with Crippen molar-refractivity contribution in [3.05, 3.63) is 29.3 Å². The smallest absolute Gasteiger partial charge is 0.311 e. The van der Waals surface area contributed by atoms with Gasteiger partial charge in [0.25, 0.3) is 0 Å². The lowest BCUT2D eigenvalue weighted by Gasteiger charge is -2.28. The maximum absolute atomic E-state index is 13.5. The van der Waals surface area contributed by atoms with E-state index in [9.17, 15) is 18.7 Å². The minimum absolute atomic E-state index is 0.0666. The van der Waals surface area contributed by atoms with Crippen LogP contribution in [0.4, 0.5) is 14.5 Å². The van der Waals surface area contributed by atoms with Crippen LogP contribution >= 0.6 is 0 Å². The molecule has 0 spiro atoms. The van der Waals surface area contributed by atoms with Gasteiger partial charge in [0.2, 0.25) is 0 Å². The SMILES string of the molecule is Nc1c(F)cc(F)cc1C(C(=O)O)C1CCCCC1. The van der Waals surface area contributed by atoms with E-state index in [0.717, 1.165) is 38.2 Å². The van der Waals surface area contributed by atoms with Crippen LogP contribution in [0.25, 0.3) is 0 Å². The molecule has 1 unspecified atom stereocenters. The Morgan fingerprint density at radius 3 is 2.47 bits per heavy atom. The van der Waals surface area contributed by atoms with Crippen molar-refractivity contribution in [3.63, 3.8) is 0 Å². The monoisotopic (exact) mass is 269 g/mol. The Balaban J connectivity index is 2.41. The fraction of sp³-hybridized carbons (Fsp3) is 0.500. The Kier molecular flexibility index (Phi) is 4.02. The van der Waals surface area contributed by atoms with Gasteiger partial charge in [-0.3, -0.25) is 4.79 Å². The van der Waals surface area contributed by atoms with Gasteiger partial charge >= 0.3 is 5.97 Å². The van der Waals surface area contributed by atoms with Crippen molar-refractivity contribution >= 4 is 11.7 Å². The van der Waals surface area contributed by atoms with Gasteiger partial charge in [0, 0.05) is 6.07 Å². The number of rotatable bonds is 3. The standard InChI is InChI=1S/C14H17F2NO2/c15-9-6-10(13(17)11(16)7-9)12(14(18)19)8-4-2-1-3-5-8/h6-8,12H,1-5,17H2,(H,18,19). The Labute approximate surface area is 110 Å². The van der Waals surface area contributed by atoms with E-state index in [-0.39, 0.29) is 17.2 Å². The number of aliphatic carboxylic acids is 1. The molecule has 1 aromatic rings. The summed E-state index contributed by atoms with van der Waals surface area (Å²) in [6.07, 6.45) is 4.50. The van der Waals surface area contributed by atoms with Gasteiger partial charge in [-0.2, -0.15) is 0 Å². The van der Waals surface area contributed by atoms with Crippen LogP contribution in [0.3, 0.4) is 0 Å². The highest BCUT2D eigenvalue weighted by Gasteiger charge is 2.33. The molecule has 0 amide bonds. The average molecular weight is 269 g/mol. The van der Waals surface area contributed by atoms with E-state index in [1.807, 2.05) is 0 Å². The van der Waals surface area contributed by atoms with Crippen molar-refractivity contribution in [1.82, 2.24) is 0 Å². The molecular weight excluding hydrogens is 252 g/mol. The molecule has 0 aliphatic heterocycles. The van der Waals surface area contributed by atoms with E-state index in [2.05, 4.69) is 0 Å². The topological polar surface area (TPSA) is 63.3 Å². The number of anilines is 1. The van der Waals surface area contributed by atoms with Crippen LogP contribution in [0, 0.1) is 17.6 Å². The third-order valence-electron chi connectivity index (χ3n) is 3.85. The van der Waals surface area contributed by atoms with E-state index in [1.165, 1.54) is 0 Å². The zero-order valence-corrected chi connectivity index (χ0v) is 10.5. The van der Waals surface area contributed by atoms with Gasteiger partial charge < -0.3 is 10.8 Å². The summed E-state index contributed by atoms with van der Waals surface area (Å²) in [6.45, 7) is 0. The lowest BCUT2D eigenvalue weighted by molar-refractivity contribution is -0.140. The van der Waals surface area contributed by atoms with Gasteiger partial charge in [-0.1, -0.05) is 19.3 Å². The molecule has 104 valence electrons. The van der Waals surface area contributed by atoms with Crippen LogP contribution < -0.4 is 5.73 Å². The summed E-state index contributed by atoms with van der Waals surface area (Å²) in [7, 11) is 0. The predicted molar refractivity (Wildman–Crippen MR) is 67.7 cm³/mol. The van der Waals surface area contributed by atoms with E-state index >= 15 is 0 Å². The van der Waals surface area contributed by atoms with Gasteiger partial charge in [-0.05, 0) is 30.4 Å². The fourth-order valence-corrected chi connectivity index (χ4v) is 2.92. The fourth-order valence-electron chi connectivity index (χ4n) is 2.92. The van der Waals surface area contributed by atoms with Gasteiger partial charge in [0.15, 0.2) is 0 Å². The minimum atomic E-state index is -1.07. The first-order valence-corrected chi connectivity index (χ1v) is 6.48. The Morgan fingerprint density at radius 2 is 1.89 bits per heavy atom. The van der Waals surface area contributed by atoms with Crippen molar-refractivity contribution < 1.29 is 18.7 Å². The van der Waals surface area contributed by atoms with Crippen molar-refractivity contribution in [1.29, 1.82) is 0 Å². The molecule has 1 aliphatic carbocycles. The molecule has 1 saturated carbocycles. The Morgan fingerprint density at radius 1 is 1.26 bits per heavy atom. The lowest BCUT2D eigenvalue weighted by Crippen LogP contribution is -2.25. The van der Waals surface area contributed by atoms with E-state index in [4.69, 9.17) is 5.73 Å². The van der Waals surface area contributed by atoms with E-state index in [1.54, 1.807) is 0 Å². The van der Waals surface area contributed by atoms with Crippen molar-refractivity contribution in [2.45, 2.75) is 38.0 Å². The second-order valence-electron chi connectivity index (χ2n) is 5.10. The number of hydrogen-bond donors (Lipinski definition) is 2. The summed E-state index contributed by atoms with van der Waals surface area (Å²) in [4.78, 5) is 11.5. The summed E-state index contributed by atoms with van der Waals surface area (Å²) in [5.74, 6) is -3.77. The summed E-state index contributed by atoms with van der Waals surface area (Å²) in [6, 6.07) is 1.73. The van der Waals surface area contributed by atoms with Gasteiger partial charge in [-0.15, -0.1) is 0 Å². The summed E-state index contributed by atoms with van der Waals surface area (Å²) >= 11 is 0. The van der Waals surface area contributed by atoms with Gasteiger partial charge in [-0.25, -0.2) is 8.78 Å². The highest BCUT2D eigenvalue weighted by molar-refractivity contribution is 5.79. The zero-order chi connectivity index (χ0) is 14.0. The van der Waals surface area contributed by atoms with Crippen LogP contribution in [0.15, 0.2) is 12.1 Å². The summed E-state index contributed by atoms with van der Waals surface area (Å²) in [5.41, 5.74) is 5.41. The Bertz CT molecular complexity index is 485. The summed E-state index contributed by atoms with van der Waals surface area (Å²) in [5, 5.41) is 9.38. The number of carbonyl (C=O) groups is 1.